The van der Waals surface area contributed by atoms with Gasteiger partial charge in [-0.2, -0.15) is 0 Å². The van der Waals surface area contributed by atoms with E-state index in [1.807, 2.05) is 31.2 Å². The number of rotatable bonds is 6. The molecule has 2 aromatic rings. The Morgan fingerprint density at radius 3 is 2.19 bits per heavy atom. The summed E-state index contributed by atoms with van der Waals surface area (Å²) < 4.78 is 10.7. The maximum atomic E-state index is 13.2. The zero-order valence-electron chi connectivity index (χ0n) is 18.5. The van der Waals surface area contributed by atoms with Gasteiger partial charge in [-0.15, -0.1) is 0 Å². The van der Waals surface area contributed by atoms with E-state index >= 15 is 0 Å². The molecule has 1 unspecified atom stereocenters. The molecular weight excluding hydrogens is 406 g/mol. The standard InChI is InChI=1S/C26H29NO5/c1-3-32-21-15-11-18(12-16-21)24(28)22-23(17-9-13-20(31-2)14-10-17)27(26(30)25(22)29)19-7-5-4-6-8-19/h9-16,19,23,28H,3-8H2,1-2H3/b24-22-. The second-order valence-corrected chi connectivity index (χ2v) is 8.23. The lowest BCUT2D eigenvalue weighted by atomic mass is 9.91. The molecule has 2 aromatic carbocycles. The van der Waals surface area contributed by atoms with Crippen LogP contribution < -0.4 is 9.47 Å². The molecule has 2 fully saturated rings. The Kier molecular flexibility index (Phi) is 6.49. The molecule has 1 aliphatic carbocycles. The van der Waals surface area contributed by atoms with Crippen LogP contribution in [0, 0.1) is 0 Å². The van der Waals surface area contributed by atoms with E-state index in [1.165, 1.54) is 0 Å². The highest BCUT2D eigenvalue weighted by atomic mass is 16.5. The van der Waals surface area contributed by atoms with E-state index in [4.69, 9.17) is 9.47 Å². The molecule has 32 heavy (non-hydrogen) atoms. The average Bonchev–Trinajstić information content (AvgIpc) is 3.10. The Morgan fingerprint density at radius 2 is 1.59 bits per heavy atom. The number of nitrogens with zero attached hydrogens (tertiary/aromatic N) is 1. The lowest BCUT2D eigenvalue weighted by molar-refractivity contribution is -0.141. The minimum Gasteiger partial charge on any atom is -0.507 e. The fraction of sp³-hybridized carbons (Fsp3) is 0.385. The number of amides is 1. The first-order valence-corrected chi connectivity index (χ1v) is 11.2. The molecule has 0 aromatic heterocycles. The summed E-state index contributed by atoms with van der Waals surface area (Å²) in [5.74, 6) is 0.0341. The zero-order valence-corrected chi connectivity index (χ0v) is 18.5. The number of ether oxygens (including phenoxy) is 2. The number of hydrogen-bond donors (Lipinski definition) is 1. The van der Waals surface area contributed by atoms with Crippen LogP contribution in [0.15, 0.2) is 54.1 Å². The summed E-state index contributed by atoms with van der Waals surface area (Å²) in [5, 5.41) is 11.2. The first-order chi connectivity index (χ1) is 15.5. The highest BCUT2D eigenvalue weighted by molar-refractivity contribution is 6.46. The first-order valence-electron chi connectivity index (χ1n) is 11.2. The van der Waals surface area contributed by atoms with Crippen LogP contribution in [0.3, 0.4) is 0 Å². The van der Waals surface area contributed by atoms with Crippen molar-refractivity contribution < 1.29 is 24.2 Å². The highest BCUT2D eigenvalue weighted by Gasteiger charge is 2.48. The summed E-state index contributed by atoms with van der Waals surface area (Å²) in [6, 6.07) is 13.6. The van der Waals surface area contributed by atoms with Crippen molar-refractivity contribution in [2.75, 3.05) is 13.7 Å². The van der Waals surface area contributed by atoms with Crippen LogP contribution in [0.1, 0.15) is 56.2 Å². The van der Waals surface area contributed by atoms with Crippen molar-refractivity contribution in [3.63, 3.8) is 0 Å². The van der Waals surface area contributed by atoms with Gasteiger partial charge in [0.1, 0.15) is 17.3 Å². The minimum absolute atomic E-state index is 0.0158. The van der Waals surface area contributed by atoms with Gasteiger partial charge >= 0.3 is 0 Å². The third kappa shape index (κ3) is 4.09. The molecular formula is C26H29NO5. The van der Waals surface area contributed by atoms with Crippen molar-refractivity contribution >= 4 is 17.4 Å². The Labute approximate surface area is 188 Å². The number of aliphatic hydroxyl groups excluding tert-OH is 1. The second-order valence-electron chi connectivity index (χ2n) is 8.23. The second kappa shape index (κ2) is 9.47. The number of methoxy groups -OCH3 is 1. The average molecular weight is 436 g/mol. The molecule has 0 bridgehead atoms. The van der Waals surface area contributed by atoms with Crippen molar-refractivity contribution in [3.05, 3.63) is 65.2 Å². The van der Waals surface area contributed by atoms with E-state index in [9.17, 15) is 14.7 Å². The molecule has 0 radical (unpaired) electrons. The van der Waals surface area contributed by atoms with Gasteiger partial charge in [0.05, 0.1) is 25.3 Å². The monoisotopic (exact) mass is 435 g/mol. The maximum Gasteiger partial charge on any atom is 0.295 e. The van der Waals surface area contributed by atoms with Gasteiger partial charge in [0.25, 0.3) is 11.7 Å². The quantitative estimate of drug-likeness (QED) is 0.399. The Morgan fingerprint density at radius 1 is 0.969 bits per heavy atom. The smallest absolute Gasteiger partial charge is 0.295 e. The summed E-state index contributed by atoms with van der Waals surface area (Å²) in [7, 11) is 1.59. The number of carbonyl (C=O) groups excluding carboxylic acids is 2. The van der Waals surface area contributed by atoms with Crippen LogP contribution in [0.4, 0.5) is 0 Å². The maximum absolute atomic E-state index is 13.2. The molecule has 1 atom stereocenters. The summed E-state index contributed by atoms with van der Waals surface area (Å²) >= 11 is 0. The normalized spacial score (nSPS) is 21.1. The predicted molar refractivity (Wildman–Crippen MR) is 122 cm³/mol. The van der Waals surface area contributed by atoms with E-state index in [0.29, 0.717) is 23.7 Å². The molecule has 4 rings (SSSR count). The van der Waals surface area contributed by atoms with Crippen molar-refractivity contribution in [1.82, 2.24) is 4.90 Å². The molecule has 1 amide bonds. The van der Waals surface area contributed by atoms with Gasteiger partial charge in [0.2, 0.25) is 0 Å². The summed E-state index contributed by atoms with van der Waals surface area (Å²) in [4.78, 5) is 28.1. The van der Waals surface area contributed by atoms with Crippen LogP contribution in [0.25, 0.3) is 5.76 Å². The molecule has 0 spiro atoms. The molecule has 168 valence electrons. The number of benzene rings is 2. The molecule has 1 aliphatic heterocycles. The number of hydrogen-bond acceptors (Lipinski definition) is 5. The molecule has 6 nitrogen and oxygen atoms in total. The Bertz CT molecular complexity index is 1000. The number of carbonyl (C=O) groups is 2. The minimum atomic E-state index is -0.636. The van der Waals surface area contributed by atoms with Crippen LogP contribution in [0.5, 0.6) is 11.5 Å². The van der Waals surface area contributed by atoms with Crippen LogP contribution in [-0.4, -0.2) is 41.5 Å². The third-order valence-corrected chi connectivity index (χ3v) is 6.32. The molecule has 6 heteroatoms. The van der Waals surface area contributed by atoms with Gasteiger partial charge in [-0.1, -0.05) is 31.4 Å². The van der Waals surface area contributed by atoms with E-state index in [2.05, 4.69) is 0 Å². The van der Waals surface area contributed by atoms with Crippen molar-refractivity contribution in [1.29, 1.82) is 0 Å². The number of ketones is 1. The summed E-state index contributed by atoms with van der Waals surface area (Å²) in [5.41, 5.74) is 1.39. The highest BCUT2D eigenvalue weighted by Crippen LogP contribution is 2.43. The van der Waals surface area contributed by atoms with Gasteiger partial charge in [-0.3, -0.25) is 9.59 Å². The van der Waals surface area contributed by atoms with Crippen molar-refractivity contribution in [3.8, 4) is 11.5 Å². The first kappa shape index (κ1) is 21.9. The zero-order chi connectivity index (χ0) is 22.7. The number of likely N-dealkylation sites (tertiary alicyclic amines) is 1. The Hall–Kier alpha value is -3.28. The van der Waals surface area contributed by atoms with Gasteiger partial charge in [0, 0.05) is 11.6 Å². The predicted octanol–water partition coefficient (Wildman–Crippen LogP) is 4.85. The topological polar surface area (TPSA) is 76.1 Å². The molecule has 1 heterocycles. The van der Waals surface area contributed by atoms with Crippen LogP contribution in [-0.2, 0) is 9.59 Å². The van der Waals surface area contributed by atoms with Gasteiger partial charge < -0.3 is 19.5 Å². The lowest BCUT2D eigenvalue weighted by Crippen LogP contribution is -2.40. The van der Waals surface area contributed by atoms with Gasteiger partial charge in [0.15, 0.2) is 0 Å². The lowest BCUT2D eigenvalue weighted by Gasteiger charge is -2.35. The molecule has 1 saturated heterocycles. The fourth-order valence-corrected chi connectivity index (χ4v) is 4.73. The van der Waals surface area contributed by atoms with Crippen LogP contribution in [0.2, 0.25) is 0 Å². The molecule has 1 saturated carbocycles. The van der Waals surface area contributed by atoms with E-state index in [1.54, 1.807) is 36.3 Å². The van der Waals surface area contributed by atoms with Gasteiger partial charge in [-0.25, -0.2) is 0 Å². The van der Waals surface area contributed by atoms with E-state index in [0.717, 1.165) is 37.7 Å². The fourth-order valence-electron chi connectivity index (χ4n) is 4.73. The van der Waals surface area contributed by atoms with Gasteiger partial charge in [-0.05, 0) is 61.7 Å². The summed E-state index contributed by atoms with van der Waals surface area (Å²) in [6.45, 7) is 2.44. The SMILES string of the molecule is CCOc1ccc(/C(O)=C2/C(=O)C(=O)N(C3CCCCC3)C2c2ccc(OC)cc2)cc1. The Balaban J connectivity index is 1.81. The van der Waals surface area contributed by atoms with E-state index < -0.39 is 17.7 Å². The summed E-state index contributed by atoms with van der Waals surface area (Å²) in [6.07, 6.45) is 4.93. The van der Waals surface area contributed by atoms with Crippen molar-refractivity contribution in [2.45, 2.75) is 51.1 Å². The van der Waals surface area contributed by atoms with E-state index in [-0.39, 0.29) is 17.4 Å². The number of Topliss-reactive ketones (excluding diaryl/α,β-unsaturated/α-hetero) is 1. The van der Waals surface area contributed by atoms with Crippen molar-refractivity contribution in [2.24, 2.45) is 0 Å². The number of aliphatic hydroxyl groups is 1. The largest absolute Gasteiger partial charge is 0.507 e. The van der Waals surface area contributed by atoms with Crippen LogP contribution >= 0.6 is 0 Å². The molecule has 1 N–H and O–H groups in total. The third-order valence-electron chi connectivity index (χ3n) is 6.32. The molecule has 2 aliphatic rings.